The molecule has 0 spiro atoms. The summed E-state index contributed by atoms with van der Waals surface area (Å²) < 4.78 is 14.0. The molecule has 1 atom stereocenters. The summed E-state index contributed by atoms with van der Waals surface area (Å²) in [4.78, 5) is 2.07. The van der Waals surface area contributed by atoms with E-state index >= 15 is 0 Å². The quantitative estimate of drug-likeness (QED) is 0.845. The average Bonchev–Trinajstić information content (AvgIpc) is 3.12. The number of benzene rings is 1. The highest BCUT2D eigenvalue weighted by molar-refractivity contribution is 5.49. The Bertz CT molecular complexity index is 388. The Morgan fingerprint density at radius 3 is 2.71 bits per heavy atom. The molecule has 0 bridgehead atoms. The summed E-state index contributed by atoms with van der Waals surface area (Å²) in [5.41, 5.74) is 1.70. The fourth-order valence-electron chi connectivity index (χ4n) is 2.26. The maximum absolute atomic E-state index is 14.0. The van der Waals surface area contributed by atoms with Crippen molar-refractivity contribution in [1.29, 1.82) is 0 Å². The van der Waals surface area contributed by atoms with Crippen molar-refractivity contribution in [3.8, 4) is 0 Å². The van der Waals surface area contributed by atoms with Crippen LogP contribution < -0.4 is 10.2 Å². The van der Waals surface area contributed by atoms with Gasteiger partial charge in [-0.05, 0) is 50.4 Å². The van der Waals surface area contributed by atoms with Crippen molar-refractivity contribution >= 4 is 5.69 Å². The van der Waals surface area contributed by atoms with Crippen LogP contribution in [0, 0.1) is 11.7 Å². The molecular formula is C14H21FN2. The van der Waals surface area contributed by atoms with Crippen molar-refractivity contribution in [1.82, 2.24) is 5.32 Å². The summed E-state index contributed by atoms with van der Waals surface area (Å²) in [7, 11) is 3.85. The molecule has 0 amide bonds. The Balaban J connectivity index is 2.14. The first-order valence-corrected chi connectivity index (χ1v) is 6.29. The lowest BCUT2D eigenvalue weighted by Gasteiger charge is -2.27. The van der Waals surface area contributed by atoms with Crippen molar-refractivity contribution in [2.45, 2.75) is 32.4 Å². The molecular weight excluding hydrogens is 215 g/mol. The van der Waals surface area contributed by atoms with Crippen LogP contribution in [0.25, 0.3) is 0 Å². The number of rotatable bonds is 5. The third-order valence-corrected chi connectivity index (χ3v) is 3.69. The minimum atomic E-state index is -0.118. The molecule has 0 aromatic heterocycles. The average molecular weight is 236 g/mol. The molecule has 3 heteroatoms. The maximum Gasteiger partial charge on any atom is 0.146 e. The van der Waals surface area contributed by atoms with Gasteiger partial charge in [-0.1, -0.05) is 6.07 Å². The lowest BCUT2D eigenvalue weighted by Crippen LogP contribution is -2.31. The van der Waals surface area contributed by atoms with E-state index in [1.807, 2.05) is 26.2 Å². The monoisotopic (exact) mass is 236 g/mol. The molecule has 0 aliphatic heterocycles. The SMILES string of the molecule is CNCc1ccc(N(C)C(C)C2CC2)c(F)c1. The van der Waals surface area contributed by atoms with Gasteiger partial charge in [0.05, 0.1) is 5.69 Å². The Kier molecular flexibility index (Phi) is 3.67. The van der Waals surface area contributed by atoms with Gasteiger partial charge in [-0.2, -0.15) is 0 Å². The van der Waals surface area contributed by atoms with E-state index in [1.165, 1.54) is 12.8 Å². The van der Waals surface area contributed by atoms with Gasteiger partial charge in [0, 0.05) is 19.6 Å². The molecule has 94 valence electrons. The second-order valence-electron chi connectivity index (χ2n) is 5.01. The van der Waals surface area contributed by atoms with Crippen LogP contribution in [0.4, 0.5) is 10.1 Å². The topological polar surface area (TPSA) is 15.3 Å². The first-order chi connectivity index (χ1) is 8.13. The summed E-state index contributed by atoms with van der Waals surface area (Å²) in [5.74, 6) is 0.629. The Hall–Kier alpha value is -1.09. The van der Waals surface area contributed by atoms with Crippen molar-refractivity contribution in [2.24, 2.45) is 5.92 Å². The number of hydrogen-bond acceptors (Lipinski definition) is 2. The molecule has 1 aromatic rings. The smallest absolute Gasteiger partial charge is 0.146 e. The Morgan fingerprint density at radius 2 is 2.18 bits per heavy atom. The van der Waals surface area contributed by atoms with Gasteiger partial charge >= 0.3 is 0 Å². The highest BCUT2D eigenvalue weighted by atomic mass is 19.1. The first-order valence-electron chi connectivity index (χ1n) is 6.29. The van der Waals surface area contributed by atoms with Crippen LogP contribution in [0.2, 0.25) is 0 Å². The van der Waals surface area contributed by atoms with E-state index in [2.05, 4.69) is 17.1 Å². The molecule has 2 rings (SSSR count). The normalized spacial score (nSPS) is 16.9. The van der Waals surface area contributed by atoms with E-state index in [-0.39, 0.29) is 5.82 Å². The standard InChI is InChI=1S/C14H21FN2/c1-10(12-5-6-12)17(3)14-7-4-11(9-16-2)8-13(14)15/h4,7-8,10,12,16H,5-6,9H2,1-3H3. The fourth-order valence-corrected chi connectivity index (χ4v) is 2.26. The van der Waals surface area contributed by atoms with Gasteiger partial charge in [0.2, 0.25) is 0 Å². The lowest BCUT2D eigenvalue weighted by molar-refractivity contribution is 0.575. The van der Waals surface area contributed by atoms with Crippen molar-refractivity contribution in [2.75, 3.05) is 19.0 Å². The highest BCUT2D eigenvalue weighted by Gasteiger charge is 2.31. The molecule has 1 unspecified atom stereocenters. The molecule has 0 saturated heterocycles. The van der Waals surface area contributed by atoms with E-state index in [1.54, 1.807) is 6.07 Å². The molecule has 1 fully saturated rings. The number of hydrogen-bond donors (Lipinski definition) is 1. The first kappa shape index (κ1) is 12.4. The van der Waals surface area contributed by atoms with E-state index in [4.69, 9.17) is 0 Å². The van der Waals surface area contributed by atoms with Gasteiger partial charge in [0.1, 0.15) is 5.82 Å². The minimum absolute atomic E-state index is 0.118. The van der Waals surface area contributed by atoms with Crippen LogP contribution in [0.1, 0.15) is 25.3 Å². The maximum atomic E-state index is 14.0. The van der Waals surface area contributed by atoms with Gasteiger partial charge < -0.3 is 10.2 Å². The van der Waals surface area contributed by atoms with Crippen LogP contribution >= 0.6 is 0 Å². The predicted molar refractivity (Wildman–Crippen MR) is 69.8 cm³/mol. The highest BCUT2D eigenvalue weighted by Crippen LogP contribution is 2.36. The summed E-state index contributed by atoms with van der Waals surface area (Å²) in [6.45, 7) is 2.89. The predicted octanol–water partition coefficient (Wildman–Crippen LogP) is 2.78. The second-order valence-corrected chi connectivity index (χ2v) is 5.01. The van der Waals surface area contributed by atoms with Gasteiger partial charge in [0.25, 0.3) is 0 Å². The molecule has 0 heterocycles. The number of nitrogens with zero attached hydrogens (tertiary/aromatic N) is 1. The van der Waals surface area contributed by atoms with E-state index in [9.17, 15) is 4.39 Å². The third kappa shape index (κ3) is 2.78. The van der Waals surface area contributed by atoms with Gasteiger partial charge in [-0.15, -0.1) is 0 Å². The number of anilines is 1. The third-order valence-electron chi connectivity index (χ3n) is 3.69. The van der Waals surface area contributed by atoms with Crippen LogP contribution in [-0.4, -0.2) is 20.1 Å². The van der Waals surface area contributed by atoms with Crippen molar-refractivity contribution in [3.05, 3.63) is 29.6 Å². The summed E-state index contributed by atoms with van der Waals surface area (Å²) in [6, 6.07) is 5.94. The van der Waals surface area contributed by atoms with E-state index in [0.717, 1.165) is 11.5 Å². The molecule has 1 N–H and O–H groups in total. The molecule has 2 nitrogen and oxygen atoms in total. The van der Waals surface area contributed by atoms with Crippen LogP contribution in [0.5, 0.6) is 0 Å². The van der Waals surface area contributed by atoms with E-state index < -0.39 is 0 Å². The minimum Gasteiger partial charge on any atom is -0.369 e. The molecule has 1 aliphatic rings. The zero-order valence-electron chi connectivity index (χ0n) is 10.8. The van der Waals surface area contributed by atoms with Crippen molar-refractivity contribution < 1.29 is 4.39 Å². The second kappa shape index (κ2) is 5.05. The summed E-state index contributed by atoms with van der Waals surface area (Å²) in [5, 5.41) is 3.03. The largest absolute Gasteiger partial charge is 0.369 e. The van der Waals surface area contributed by atoms with Crippen molar-refractivity contribution in [3.63, 3.8) is 0 Å². The number of halogens is 1. The van der Waals surface area contributed by atoms with Gasteiger partial charge in [0.15, 0.2) is 0 Å². The lowest BCUT2D eigenvalue weighted by atomic mass is 10.1. The summed E-state index contributed by atoms with van der Waals surface area (Å²) >= 11 is 0. The van der Waals surface area contributed by atoms with Crippen LogP contribution in [0.3, 0.4) is 0 Å². The fraction of sp³-hybridized carbons (Fsp3) is 0.571. The van der Waals surface area contributed by atoms with Crippen LogP contribution in [0.15, 0.2) is 18.2 Å². The van der Waals surface area contributed by atoms with Crippen LogP contribution in [-0.2, 0) is 6.54 Å². The zero-order chi connectivity index (χ0) is 12.4. The molecule has 17 heavy (non-hydrogen) atoms. The number of nitrogens with one attached hydrogen (secondary N) is 1. The van der Waals surface area contributed by atoms with Gasteiger partial charge in [-0.25, -0.2) is 4.39 Å². The van der Waals surface area contributed by atoms with E-state index in [0.29, 0.717) is 18.3 Å². The Morgan fingerprint density at radius 1 is 1.47 bits per heavy atom. The Labute approximate surface area is 103 Å². The molecule has 1 saturated carbocycles. The molecule has 0 radical (unpaired) electrons. The zero-order valence-corrected chi connectivity index (χ0v) is 10.8. The molecule has 1 aromatic carbocycles. The summed E-state index contributed by atoms with van der Waals surface area (Å²) in [6.07, 6.45) is 2.57. The van der Waals surface area contributed by atoms with Gasteiger partial charge in [-0.3, -0.25) is 0 Å². The molecule has 1 aliphatic carbocycles.